The molecule has 0 saturated heterocycles. The molecule has 0 fully saturated rings. The highest BCUT2D eigenvalue weighted by Crippen LogP contribution is 2.31. The van der Waals surface area contributed by atoms with E-state index in [1.165, 1.54) is 16.8 Å². The standard InChI is InChI=1S/C22H19N3/c1-3-7-19(8-4-1)21-22(20-9-5-2-6-10-20)25(17-24-21)16-13-18-11-14-23-15-12-18/h1-12,14-15,17H,13,16H2. The van der Waals surface area contributed by atoms with Gasteiger partial charge in [0, 0.05) is 30.1 Å². The van der Waals surface area contributed by atoms with E-state index in [9.17, 15) is 0 Å². The Morgan fingerprint density at radius 2 is 1.36 bits per heavy atom. The molecule has 4 rings (SSSR count). The second-order valence-electron chi connectivity index (χ2n) is 5.97. The summed E-state index contributed by atoms with van der Waals surface area (Å²) in [7, 11) is 0. The van der Waals surface area contributed by atoms with E-state index in [2.05, 4.69) is 70.2 Å². The number of aromatic nitrogens is 3. The molecule has 122 valence electrons. The van der Waals surface area contributed by atoms with Crippen LogP contribution in [0.15, 0.2) is 91.5 Å². The number of aryl methyl sites for hydroxylation is 2. The zero-order chi connectivity index (χ0) is 16.9. The third kappa shape index (κ3) is 3.36. The molecule has 0 aliphatic carbocycles. The minimum Gasteiger partial charge on any atom is -0.330 e. The van der Waals surface area contributed by atoms with Gasteiger partial charge in [0.1, 0.15) is 0 Å². The van der Waals surface area contributed by atoms with Gasteiger partial charge in [-0.3, -0.25) is 4.98 Å². The topological polar surface area (TPSA) is 30.7 Å². The minimum atomic E-state index is 0.883. The number of nitrogens with zero attached hydrogens (tertiary/aromatic N) is 3. The lowest BCUT2D eigenvalue weighted by Gasteiger charge is -2.11. The molecule has 0 radical (unpaired) electrons. The van der Waals surface area contributed by atoms with Crippen molar-refractivity contribution in [3.05, 3.63) is 97.1 Å². The van der Waals surface area contributed by atoms with Crippen LogP contribution in [0.2, 0.25) is 0 Å². The summed E-state index contributed by atoms with van der Waals surface area (Å²) in [5.74, 6) is 0. The summed E-state index contributed by atoms with van der Waals surface area (Å²) in [6.07, 6.45) is 6.59. The van der Waals surface area contributed by atoms with E-state index in [0.29, 0.717) is 0 Å². The van der Waals surface area contributed by atoms with Crippen LogP contribution in [0.5, 0.6) is 0 Å². The second-order valence-corrected chi connectivity index (χ2v) is 5.97. The highest BCUT2D eigenvalue weighted by Gasteiger charge is 2.14. The predicted molar refractivity (Wildman–Crippen MR) is 101 cm³/mol. The van der Waals surface area contributed by atoms with E-state index >= 15 is 0 Å². The lowest BCUT2D eigenvalue weighted by atomic mass is 10.0. The first kappa shape index (κ1) is 15.3. The van der Waals surface area contributed by atoms with Gasteiger partial charge in [0.2, 0.25) is 0 Å². The van der Waals surface area contributed by atoms with Crippen molar-refractivity contribution in [3.63, 3.8) is 0 Å². The van der Waals surface area contributed by atoms with Gasteiger partial charge in [-0.05, 0) is 24.1 Å². The normalized spacial score (nSPS) is 10.7. The Morgan fingerprint density at radius 3 is 2.04 bits per heavy atom. The van der Waals surface area contributed by atoms with Crippen LogP contribution in [0.25, 0.3) is 22.5 Å². The number of rotatable bonds is 5. The van der Waals surface area contributed by atoms with Crippen LogP contribution in [0.3, 0.4) is 0 Å². The van der Waals surface area contributed by atoms with Gasteiger partial charge in [-0.1, -0.05) is 60.7 Å². The van der Waals surface area contributed by atoms with Gasteiger partial charge in [-0.15, -0.1) is 0 Å². The quantitative estimate of drug-likeness (QED) is 0.525. The summed E-state index contributed by atoms with van der Waals surface area (Å²) in [5.41, 5.74) is 5.81. The van der Waals surface area contributed by atoms with Crippen LogP contribution in [-0.2, 0) is 13.0 Å². The maximum absolute atomic E-state index is 4.73. The van der Waals surface area contributed by atoms with Crippen molar-refractivity contribution in [2.45, 2.75) is 13.0 Å². The summed E-state index contributed by atoms with van der Waals surface area (Å²) in [6, 6.07) is 25.0. The van der Waals surface area contributed by atoms with Gasteiger partial charge in [0.15, 0.2) is 0 Å². The van der Waals surface area contributed by atoms with Crippen molar-refractivity contribution in [2.24, 2.45) is 0 Å². The first-order chi connectivity index (χ1) is 12.4. The van der Waals surface area contributed by atoms with Crippen molar-refractivity contribution in [1.82, 2.24) is 14.5 Å². The Morgan fingerprint density at radius 1 is 0.720 bits per heavy atom. The predicted octanol–water partition coefficient (Wildman–Crippen LogP) is 4.85. The Kier molecular flexibility index (Phi) is 4.38. The SMILES string of the molecule is c1ccc(-c2ncn(CCc3ccncc3)c2-c2ccccc2)cc1. The summed E-state index contributed by atoms with van der Waals surface area (Å²) in [4.78, 5) is 8.82. The molecule has 0 aliphatic rings. The van der Waals surface area contributed by atoms with Gasteiger partial charge >= 0.3 is 0 Å². The van der Waals surface area contributed by atoms with Crippen LogP contribution < -0.4 is 0 Å². The van der Waals surface area contributed by atoms with Crippen LogP contribution in [-0.4, -0.2) is 14.5 Å². The number of benzene rings is 2. The molecule has 0 N–H and O–H groups in total. The van der Waals surface area contributed by atoms with Crippen molar-refractivity contribution in [3.8, 4) is 22.5 Å². The summed E-state index contributed by atoms with van der Waals surface area (Å²) in [6.45, 7) is 0.883. The van der Waals surface area contributed by atoms with E-state index in [4.69, 9.17) is 4.98 Å². The number of pyridine rings is 1. The zero-order valence-corrected chi connectivity index (χ0v) is 13.9. The molecule has 0 saturated carbocycles. The molecule has 0 unspecified atom stereocenters. The number of imidazole rings is 1. The first-order valence-electron chi connectivity index (χ1n) is 8.47. The highest BCUT2D eigenvalue weighted by molar-refractivity contribution is 5.78. The highest BCUT2D eigenvalue weighted by atomic mass is 15.1. The molecule has 0 amide bonds. The van der Waals surface area contributed by atoms with E-state index in [1.807, 2.05) is 30.9 Å². The average molecular weight is 325 g/mol. The minimum absolute atomic E-state index is 0.883. The molecular formula is C22H19N3. The van der Waals surface area contributed by atoms with E-state index in [1.54, 1.807) is 0 Å². The van der Waals surface area contributed by atoms with Crippen LogP contribution in [0.4, 0.5) is 0 Å². The van der Waals surface area contributed by atoms with E-state index in [-0.39, 0.29) is 0 Å². The number of hydrogen-bond donors (Lipinski definition) is 0. The molecule has 2 aromatic carbocycles. The molecule has 0 atom stereocenters. The molecule has 4 aromatic rings. The fraction of sp³-hybridized carbons (Fsp3) is 0.0909. The van der Waals surface area contributed by atoms with Crippen molar-refractivity contribution in [1.29, 1.82) is 0 Å². The Labute approximate surface area is 147 Å². The molecule has 2 aromatic heterocycles. The van der Waals surface area contributed by atoms with Gasteiger partial charge in [-0.2, -0.15) is 0 Å². The summed E-state index contributed by atoms with van der Waals surface area (Å²) in [5, 5.41) is 0. The van der Waals surface area contributed by atoms with Crippen LogP contribution in [0, 0.1) is 0 Å². The van der Waals surface area contributed by atoms with Crippen LogP contribution in [0.1, 0.15) is 5.56 Å². The van der Waals surface area contributed by atoms with Gasteiger partial charge in [0.05, 0.1) is 17.7 Å². The number of hydrogen-bond acceptors (Lipinski definition) is 2. The molecule has 3 heteroatoms. The molecule has 0 bridgehead atoms. The maximum Gasteiger partial charge on any atom is 0.0963 e. The summed E-state index contributed by atoms with van der Waals surface area (Å²) >= 11 is 0. The molecule has 0 aliphatic heterocycles. The molecule has 3 nitrogen and oxygen atoms in total. The lowest BCUT2D eigenvalue weighted by Crippen LogP contribution is -2.02. The van der Waals surface area contributed by atoms with Gasteiger partial charge < -0.3 is 4.57 Å². The summed E-state index contributed by atoms with van der Waals surface area (Å²) < 4.78 is 2.25. The Balaban J connectivity index is 1.73. The third-order valence-corrected chi connectivity index (χ3v) is 4.32. The smallest absolute Gasteiger partial charge is 0.0963 e. The third-order valence-electron chi connectivity index (χ3n) is 4.32. The molecular weight excluding hydrogens is 306 g/mol. The monoisotopic (exact) mass is 325 g/mol. The fourth-order valence-corrected chi connectivity index (χ4v) is 3.06. The van der Waals surface area contributed by atoms with Crippen molar-refractivity contribution in [2.75, 3.05) is 0 Å². The van der Waals surface area contributed by atoms with Gasteiger partial charge in [-0.25, -0.2) is 4.98 Å². The largest absolute Gasteiger partial charge is 0.330 e. The maximum atomic E-state index is 4.73. The van der Waals surface area contributed by atoms with E-state index < -0.39 is 0 Å². The Bertz CT molecular complexity index is 929. The molecule has 2 heterocycles. The van der Waals surface area contributed by atoms with Crippen molar-refractivity contribution >= 4 is 0 Å². The van der Waals surface area contributed by atoms with Crippen molar-refractivity contribution < 1.29 is 0 Å². The molecule has 25 heavy (non-hydrogen) atoms. The van der Waals surface area contributed by atoms with E-state index in [0.717, 1.165) is 24.2 Å². The lowest BCUT2D eigenvalue weighted by molar-refractivity contribution is 0.701. The second kappa shape index (κ2) is 7.14. The fourth-order valence-electron chi connectivity index (χ4n) is 3.06. The molecule has 0 spiro atoms. The van der Waals surface area contributed by atoms with Crippen LogP contribution >= 0.6 is 0 Å². The average Bonchev–Trinajstić information content (AvgIpc) is 3.12. The first-order valence-corrected chi connectivity index (χ1v) is 8.47. The van der Waals surface area contributed by atoms with Gasteiger partial charge in [0.25, 0.3) is 0 Å². The zero-order valence-electron chi connectivity index (χ0n) is 13.9. The Hall–Kier alpha value is -3.20.